The first kappa shape index (κ1) is 11.2. The van der Waals surface area contributed by atoms with Crippen LogP contribution in [-0.4, -0.2) is 29.1 Å². The van der Waals surface area contributed by atoms with E-state index in [1.807, 2.05) is 13.1 Å². The van der Waals surface area contributed by atoms with Crippen molar-refractivity contribution in [3.05, 3.63) is 12.4 Å². The van der Waals surface area contributed by atoms with Crippen molar-refractivity contribution in [3.63, 3.8) is 0 Å². The van der Waals surface area contributed by atoms with E-state index >= 15 is 0 Å². The lowest BCUT2D eigenvalue weighted by molar-refractivity contribution is 0.411. The molecule has 0 saturated carbocycles. The van der Waals surface area contributed by atoms with E-state index in [2.05, 4.69) is 34.0 Å². The molecular weight excluding hydrogens is 200 g/mol. The molecule has 1 aromatic rings. The van der Waals surface area contributed by atoms with E-state index in [9.17, 15) is 0 Å². The van der Waals surface area contributed by atoms with Crippen LogP contribution in [0.15, 0.2) is 12.4 Å². The fourth-order valence-corrected chi connectivity index (χ4v) is 2.50. The second kappa shape index (κ2) is 4.68. The maximum Gasteiger partial charge on any atom is 0.134 e. The minimum Gasteiger partial charge on any atom is -0.373 e. The van der Waals surface area contributed by atoms with Gasteiger partial charge in [0.15, 0.2) is 0 Å². The van der Waals surface area contributed by atoms with E-state index in [0.717, 1.165) is 11.6 Å². The van der Waals surface area contributed by atoms with Crippen LogP contribution in [0, 0.1) is 0 Å². The van der Waals surface area contributed by atoms with E-state index in [4.69, 9.17) is 0 Å². The molecule has 0 bridgehead atoms. The molecule has 1 aliphatic rings. The van der Waals surface area contributed by atoms with Crippen LogP contribution >= 0.6 is 0 Å². The van der Waals surface area contributed by atoms with Gasteiger partial charge in [0.05, 0.1) is 0 Å². The number of anilines is 2. The van der Waals surface area contributed by atoms with E-state index in [0.29, 0.717) is 12.1 Å². The molecule has 0 aliphatic carbocycles. The first-order valence-corrected chi connectivity index (χ1v) is 6.00. The molecule has 2 atom stereocenters. The van der Waals surface area contributed by atoms with Crippen molar-refractivity contribution in [1.82, 2.24) is 9.97 Å². The van der Waals surface area contributed by atoms with Crippen LogP contribution in [0.4, 0.5) is 11.6 Å². The highest BCUT2D eigenvalue weighted by Gasteiger charge is 2.25. The molecule has 88 valence electrons. The van der Waals surface area contributed by atoms with Crippen LogP contribution in [0.25, 0.3) is 0 Å². The quantitative estimate of drug-likeness (QED) is 0.830. The van der Waals surface area contributed by atoms with Gasteiger partial charge in [-0.15, -0.1) is 0 Å². The predicted octanol–water partition coefficient (Wildman–Crippen LogP) is 2.29. The van der Waals surface area contributed by atoms with Crippen molar-refractivity contribution in [2.45, 2.75) is 45.2 Å². The molecule has 0 spiro atoms. The molecule has 1 fully saturated rings. The Hall–Kier alpha value is -1.32. The highest BCUT2D eigenvalue weighted by atomic mass is 15.2. The molecule has 1 N–H and O–H groups in total. The molecule has 1 aromatic heterocycles. The third-order valence-corrected chi connectivity index (χ3v) is 3.37. The van der Waals surface area contributed by atoms with Crippen molar-refractivity contribution in [1.29, 1.82) is 0 Å². The van der Waals surface area contributed by atoms with Crippen LogP contribution in [0.2, 0.25) is 0 Å². The highest BCUT2D eigenvalue weighted by molar-refractivity contribution is 5.49. The first-order valence-electron chi connectivity index (χ1n) is 6.00. The molecule has 1 aliphatic heterocycles. The monoisotopic (exact) mass is 220 g/mol. The van der Waals surface area contributed by atoms with Gasteiger partial charge in [-0.25, -0.2) is 9.97 Å². The Labute approximate surface area is 97.1 Å². The summed E-state index contributed by atoms with van der Waals surface area (Å²) >= 11 is 0. The molecule has 2 rings (SSSR count). The van der Waals surface area contributed by atoms with Gasteiger partial charge in [-0.1, -0.05) is 0 Å². The summed E-state index contributed by atoms with van der Waals surface area (Å²) in [5, 5.41) is 3.06. The number of hydrogen-bond acceptors (Lipinski definition) is 4. The van der Waals surface area contributed by atoms with Crippen LogP contribution in [0.3, 0.4) is 0 Å². The molecular formula is C12H20N4. The third kappa shape index (κ3) is 2.10. The lowest BCUT2D eigenvalue weighted by Crippen LogP contribution is -2.44. The Bertz CT molecular complexity index is 343. The highest BCUT2D eigenvalue weighted by Crippen LogP contribution is 2.28. The van der Waals surface area contributed by atoms with Gasteiger partial charge in [0.1, 0.15) is 18.0 Å². The zero-order chi connectivity index (χ0) is 11.5. The first-order chi connectivity index (χ1) is 7.72. The van der Waals surface area contributed by atoms with E-state index in [1.165, 1.54) is 19.3 Å². The Morgan fingerprint density at radius 1 is 1.25 bits per heavy atom. The molecule has 2 heterocycles. The summed E-state index contributed by atoms with van der Waals surface area (Å²) in [6.07, 6.45) is 5.46. The summed E-state index contributed by atoms with van der Waals surface area (Å²) in [5.41, 5.74) is 0. The van der Waals surface area contributed by atoms with E-state index < -0.39 is 0 Å². The molecule has 0 unspecified atom stereocenters. The Morgan fingerprint density at radius 2 is 1.94 bits per heavy atom. The van der Waals surface area contributed by atoms with Gasteiger partial charge in [-0.2, -0.15) is 0 Å². The topological polar surface area (TPSA) is 41.0 Å². The lowest BCUT2D eigenvalue weighted by Gasteiger charge is -2.40. The van der Waals surface area contributed by atoms with Crippen molar-refractivity contribution < 1.29 is 0 Å². The molecule has 4 nitrogen and oxygen atoms in total. The van der Waals surface area contributed by atoms with Crippen LogP contribution in [0.5, 0.6) is 0 Å². The van der Waals surface area contributed by atoms with Crippen molar-refractivity contribution in [3.8, 4) is 0 Å². The number of hydrogen-bond donors (Lipinski definition) is 1. The fraction of sp³-hybridized carbons (Fsp3) is 0.667. The SMILES string of the molecule is CNc1cc(N2[C@@H](C)CCC[C@@H]2C)ncn1. The Kier molecular flexibility index (Phi) is 3.27. The zero-order valence-electron chi connectivity index (χ0n) is 10.3. The molecule has 16 heavy (non-hydrogen) atoms. The standard InChI is InChI=1S/C12H20N4/c1-9-5-4-6-10(2)16(9)12-7-11(13-3)14-8-15-12/h7-10H,4-6H2,1-3H3,(H,13,14,15)/t9-,10-/m0/s1. The molecule has 0 radical (unpaired) electrons. The van der Waals surface area contributed by atoms with Crippen molar-refractivity contribution in [2.24, 2.45) is 0 Å². The average Bonchev–Trinajstić information content (AvgIpc) is 2.29. The largest absolute Gasteiger partial charge is 0.373 e. The second-order valence-corrected chi connectivity index (χ2v) is 4.55. The van der Waals surface area contributed by atoms with Gasteiger partial charge >= 0.3 is 0 Å². The summed E-state index contributed by atoms with van der Waals surface area (Å²) in [6, 6.07) is 3.17. The summed E-state index contributed by atoms with van der Waals surface area (Å²) in [7, 11) is 1.88. The summed E-state index contributed by atoms with van der Waals surface area (Å²) < 4.78 is 0. The van der Waals surface area contributed by atoms with Crippen LogP contribution in [0.1, 0.15) is 33.1 Å². The van der Waals surface area contributed by atoms with E-state index in [1.54, 1.807) is 6.33 Å². The average molecular weight is 220 g/mol. The van der Waals surface area contributed by atoms with Crippen molar-refractivity contribution in [2.75, 3.05) is 17.3 Å². The van der Waals surface area contributed by atoms with Gasteiger partial charge in [0, 0.05) is 25.2 Å². The summed E-state index contributed by atoms with van der Waals surface area (Å²) in [6.45, 7) is 4.55. The fourth-order valence-electron chi connectivity index (χ4n) is 2.50. The molecule has 0 aromatic carbocycles. The Morgan fingerprint density at radius 3 is 2.56 bits per heavy atom. The maximum absolute atomic E-state index is 4.39. The molecule has 1 saturated heterocycles. The number of rotatable bonds is 2. The third-order valence-electron chi connectivity index (χ3n) is 3.37. The van der Waals surface area contributed by atoms with Crippen molar-refractivity contribution >= 4 is 11.6 Å². The molecule has 0 amide bonds. The predicted molar refractivity (Wildman–Crippen MR) is 66.8 cm³/mol. The van der Waals surface area contributed by atoms with E-state index in [-0.39, 0.29) is 0 Å². The van der Waals surface area contributed by atoms with Gasteiger partial charge in [0.25, 0.3) is 0 Å². The maximum atomic E-state index is 4.39. The van der Waals surface area contributed by atoms with Gasteiger partial charge in [-0.05, 0) is 33.1 Å². The van der Waals surface area contributed by atoms with Gasteiger partial charge in [-0.3, -0.25) is 0 Å². The van der Waals surface area contributed by atoms with Crippen LogP contribution in [-0.2, 0) is 0 Å². The minimum atomic E-state index is 0.573. The van der Waals surface area contributed by atoms with Gasteiger partial charge in [0.2, 0.25) is 0 Å². The lowest BCUT2D eigenvalue weighted by atomic mass is 9.97. The smallest absolute Gasteiger partial charge is 0.134 e. The number of nitrogens with zero attached hydrogens (tertiary/aromatic N) is 3. The number of piperidine rings is 1. The van der Waals surface area contributed by atoms with Crippen LogP contribution < -0.4 is 10.2 Å². The second-order valence-electron chi connectivity index (χ2n) is 4.55. The molecule has 4 heteroatoms. The minimum absolute atomic E-state index is 0.573. The Balaban J connectivity index is 2.26. The van der Waals surface area contributed by atoms with Gasteiger partial charge < -0.3 is 10.2 Å². The number of nitrogens with one attached hydrogen (secondary N) is 1. The summed E-state index contributed by atoms with van der Waals surface area (Å²) in [4.78, 5) is 10.9. The number of aromatic nitrogens is 2. The zero-order valence-corrected chi connectivity index (χ0v) is 10.3. The normalized spacial score (nSPS) is 25.6. The summed E-state index contributed by atoms with van der Waals surface area (Å²) in [5.74, 6) is 1.93.